The maximum Gasteiger partial charge on any atom is 0.222 e. The van der Waals surface area contributed by atoms with Gasteiger partial charge in [0.2, 0.25) is 11.8 Å². The van der Waals surface area contributed by atoms with Crippen molar-refractivity contribution in [3.63, 3.8) is 0 Å². The molecule has 19 heavy (non-hydrogen) atoms. The number of halogens is 2. The van der Waals surface area contributed by atoms with Gasteiger partial charge in [-0.15, -0.1) is 23.2 Å². The molecule has 0 aromatic heterocycles. The zero-order chi connectivity index (χ0) is 14.1. The lowest BCUT2D eigenvalue weighted by Gasteiger charge is -2.22. The second kappa shape index (κ2) is 9.43. The number of hydrogen-bond acceptors (Lipinski definition) is 2. The van der Waals surface area contributed by atoms with E-state index in [1.54, 1.807) is 0 Å². The van der Waals surface area contributed by atoms with Crippen LogP contribution in [0.15, 0.2) is 0 Å². The Hall–Kier alpha value is -0.480. The summed E-state index contributed by atoms with van der Waals surface area (Å²) in [4.78, 5) is 27.5. The standard InChI is InChI=1S/C13H22Cl2N2O2/c14-6-1-4-12(18)16-8-3-9-17(11-10-16)13(19)5-2-7-15/h1-11H2. The Labute approximate surface area is 125 Å². The van der Waals surface area contributed by atoms with Gasteiger partial charge in [0.25, 0.3) is 0 Å². The molecule has 1 rings (SSSR count). The number of rotatable bonds is 6. The Morgan fingerprint density at radius 3 is 1.58 bits per heavy atom. The van der Waals surface area contributed by atoms with Crippen molar-refractivity contribution < 1.29 is 9.59 Å². The number of amides is 2. The molecule has 0 radical (unpaired) electrons. The van der Waals surface area contributed by atoms with Gasteiger partial charge in [0.05, 0.1) is 0 Å². The lowest BCUT2D eigenvalue weighted by Crippen LogP contribution is -2.37. The molecule has 1 fully saturated rings. The molecule has 1 saturated heterocycles. The molecule has 4 nitrogen and oxygen atoms in total. The average Bonchev–Trinajstić information content (AvgIpc) is 2.68. The Kier molecular flexibility index (Phi) is 8.22. The van der Waals surface area contributed by atoms with Gasteiger partial charge in [0, 0.05) is 50.8 Å². The molecule has 0 bridgehead atoms. The molecule has 0 unspecified atom stereocenters. The van der Waals surface area contributed by atoms with Crippen LogP contribution in [-0.2, 0) is 9.59 Å². The molecular weight excluding hydrogens is 287 g/mol. The first kappa shape index (κ1) is 16.6. The molecule has 6 heteroatoms. The molecular formula is C13H22Cl2N2O2. The summed E-state index contributed by atoms with van der Waals surface area (Å²) in [5, 5.41) is 0. The van der Waals surface area contributed by atoms with Crippen LogP contribution in [0.3, 0.4) is 0 Å². The van der Waals surface area contributed by atoms with Gasteiger partial charge in [-0.1, -0.05) is 0 Å². The van der Waals surface area contributed by atoms with E-state index in [1.165, 1.54) is 0 Å². The van der Waals surface area contributed by atoms with Crippen LogP contribution in [0.25, 0.3) is 0 Å². The zero-order valence-corrected chi connectivity index (χ0v) is 12.8. The maximum absolute atomic E-state index is 11.9. The largest absolute Gasteiger partial charge is 0.341 e. The quantitative estimate of drug-likeness (QED) is 0.705. The predicted octanol–water partition coefficient (Wildman–Crippen LogP) is 2.09. The SMILES string of the molecule is O=C(CCCCl)N1CCCN(C(=O)CCCCl)CC1. The average molecular weight is 309 g/mol. The fraction of sp³-hybridized carbons (Fsp3) is 0.846. The minimum atomic E-state index is 0.149. The van der Waals surface area contributed by atoms with Gasteiger partial charge in [0.15, 0.2) is 0 Å². The molecule has 110 valence electrons. The fourth-order valence-electron chi connectivity index (χ4n) is 2.17. The number of nitrogens with zero attached hydrogens (tertiary/aromatic N) is 2. The monoisotopic (exact) mass is 308 g/mol. The van der Waals surface area contributed by atoms with Gasteiger partial charge in [0.1, 0.15) is 0 Å². The highest BCUT2D eigenvalue weighted by Gasteiger charge is 2.21. The van der Waals surface area contributed by atoms with Gasteiger partial charge in [-0.25, -0.2) is 0 Å². The third-order valence-corrected chi connectivity index (χ3v) is 3.78. The van der Waals surface area contributed by atoms with Gasteiger partial charge >= 0.3 is 0 Å². The summed E-state index contributed by atoms with van der Waals surface area (Å²) in [5.74, 6) is 1.33. The molecule has 0 N–H and O–H groups in total. The second-order valence-corrected chi connectivity index (χ2v) is 5.46. The van der Waals surface area contributed by atoms with E-state index in [4.69, 9.17) is 23.2 Å². The van der Waals surface area contributed by atoms with Crippen LogP contribution in [0, 0.1) is 0 Å². The minimum absolute atomic E-state index is 0.149. The Morgan fingerprint density at radius 1 is 0.789 bits per heavy atom. The lowest BCUT2D eigenvalue weighted by molar-refractivity contribution is -0.133. The van der Waals surface area contributed by atoms with Crippen molar-refractivity contribution in [2.24, 2.45) is 0 Å². The summed E-state index contributed by atoms with van der Waals surface area (Å²) in [7, 11) is 0. The normalized spacial score (nSPS) is 16.3. The molecule has 0 aliphatic carbocycles. The van der Waals surface area contributed by atoms with Crippen molar-refractivity contribution in [3.8, 4) is 0 Å². The predicted molar refractivity (Wildman–Crippen MR) is 77.7 cm³/mol. The molecule has 0 spiro atoms. The van der Waals surface area contributed by atoms with E-state index in [0.29, 0.717) is 37.7 Å². The van der Waals surface area contributed by atoms with Gasteiger partial charge in [-0.05, 0) is 19.3 Å². The van der Waals surface area contributed by atoms with Crippen LogP contribution in [0.5, 0.6) is 0 Å². The highest BCUT2D eigenvalue weighted by molar-refractivity contribution is 6.18. The van der Waals surface area contributed by atoms with E-state index in [1.807, 2.05) is 9.80 Å². The molecule has 0 aromatic carbocycles. The molecule has 1 aliphatic heterocycles. The summed E-state index contributed by atoms with van der Waals surface area (Å²) in [6, 6.07) is 0. The van der Waals surface area contributed by atoms with Crippen LogP contribution in [0.4, 0.5) is 0 Å². The van der Waals surface area contributed by atoms with E-state index in [0.717, 1.165) is 32.4 Å². The van der Waals surface area contributed by atoms with Gasteiger partial charge in [-0.2, -0.15) is 0 Å². The Morgan fingerprint density at radius 2 is 1.21 bits per heavy atom. The van der Waals surface area contributed by atoms with Crippen molar-refractivity contribution in [2.45, 2.75) is 32.1 Å². The summed E-state index contributed by atoms with van der Waals surface area (Å²) >= 11 is 11.2. The first-order valence-electron chi connectivity index (χ1n) is 6.86. The van der Waals surface area contributed by atoms with Gasteiger partial charge in [-0.3, -0.25) is 9.59 Å². The zero-order valence-electron chi connectivity index (χ0n) is 11.2. The summed E-state index contributed by atoms with van der Waals surface area (Å²) < 4.78 is 0. The lowest BCUT2D eigenvalue weighted by atomic mass is 10.3. The van der Waals surface area contributed by atoms with Gasteiger partial charge < -0.3 is 9.80 Å². The molecule has 1 aliphatic rings. The Bertz CT molecular complexity index is 272. The van der Waals surface area contributed by atoms with E-state index >= 15 is 0 Å². The minimum Gasteiger partial charge on any atom is -0.341 e. The molecule has 0 aromatic rings. The van der Waals surface area contributed by atoms with E-state index in [9.17, 15) is 9.59 Å². The highest BCUT2D eigenvalue weighted by atomic mass is 35.5. The second-order valence-electron chi connectivity index (χ2n) is 4.70. The van der Waals surface area contributed by atoms with Crippen LogP contribution < -0.4 is 0 Å². The van der Waals surface area contributed by atoms with Crippen LogP contribution in [-0.4, -0.2) is 59.6 Å². The van der Waals surface area contributed by atoms with Crippen molar-refractivity contribution >= 4 is 35.0 Å². The molecule has 0 atom stereocenters. The fourth-order valence-corrected chi connectivity index (χ4v) is 2.44. The van der Waals surface area contributed by atoms with Crippen molar-refractivity contribution in [1.29, 1.82) is 0 Å². The highest BCUT2D eigenvalue weighted by Crippen LogP contribution is 2.08. The van der Waals surface area contributed by atoms with E-state index in [2.05, 4.69) is 0 Å². The third kappa shape index (κ3) is 6.00. The van der Waals surface area contributed by atoms with Crippen molar-refractivity contribution in [2.75, 3.05) is 37.9 Å². The summed E-state index contributed by atoms with van der Waals surface area (Å²) in [6.07, 6.45) is 3.29. The number of carbonyl (C=O) groups excluding carboxylic acids is 2. The van der Waals surface area contributed by atoms with E-state index < -0.39 is 0 Å². The Balaban J connectivity index is 2.38. The third-order valence-electron chi connectivity index (χ3n) is 3.25. The smallest absolute Gasteiger partial charge is 0.222 e. The number of hydrogen-bond donors (Lipinski definition) is 0. The van der Waals surface area contributed by atoms with Crippen LogP contribution in [0.2, 0.25) is 0 Å². The van der Waals surface area contributed by atoms with E-state index in [-0.39, 0.29) is 11.8 Å². The summed E-state index contributed by atoms with van der Waals surface area (Å²) in [5.41, 5.74) is 0. The maximum atomic E-state index is 11.9. The number of alkyl halides is 2. The van der Waals surface area contributed by atoms with Crippen LogP contribution >= 0.6 is 23.2 Å². The van der Waals surface area contributed by atoms with Crippen molar-refractivity contribution in [1.82, 2.24) is 9.80 Å². The molecule has 2 amide bonds. The first-order chi connectivity index (χ1) is 9.19. The van der Waals surface area contributed by atoms with Crippen LogP contribution in [0.1, 0.15) is 32.1 Å². The van der Waals surface area contributed by atoms with Crippen molar-refractivity contribution in [3.05, 3.63) is 0 Å². The first-order valence-corrected chi connectivity index (χ1v) is 7.93. The summed E-state index contributed by atoms with van der Waals surface area (Å²) in [6.45, 7) is 2.74. The molecule has 1 heterocycles. The molecule has 0 saturated carbocycles. The number of carbonyl (C=O) groups is 2. The topological polar surface area (TPSA) is 40.6 Å².